The Bertz CT molecular complexity index is 679. The van der Waals surface area contributed by atoms with Crippen LogP contribution in [0.4, 0.5) is 0 Å². The highest BCUT2D eigenvalue weighted by Gasteiger charge is 2.26. The van der Waals surface area contributed by atoms with Gasteiger partial charge in [0.25, 0.3) is 0 Å². The van der Waals surface area contributed by atoms with Crippen molar-refractivity contribution in [1.82, 2.24) is 10.3 Å². The second-order valence-electron chi connectivity index (χ2n) is 6.08. The van der Waals surface area contributed by atoms with Gasteiger partial charge in [-0.2, -0.15) is 0 Å². The highest BCUT2D eigenvalue weighted by molar-refractivity contribution is 5.99. The Labute approximate surface area is 135 Å². The Balaban J connectivity index is 1.62. The molecule has 1 saturated carbocycles. The minimum Gasteiger partial charge on any atom is -0.393 e. The summed E-state index contributed by atoms with van der Waals surface area (Å²) in [6.45, 7) is 1.67. The van der Waals surface area contributed by atoms with E-state index >= 15 is 0 Å². The van der Waals surface area contributed by atoms with Gasteiger partial charge < -0.3 is 16.2 Å². The highest BCUT2D eigenvalue weighted by atomic mass is 16.3. The zero-order valence-electron chi connectivity index (χ0n) is 12.9. The van der Waals surface area contributed by atoms with E-state index in [9.17, 15) is 9.90 Å². The van der Waals surface area contributed by atoms with E-state index in [0.29, 0.717) is 11.5 Å². The summed E-state index contributed by atoms with van der Waals surface area (Å²) in [5.41, 5.74) is 8.47. The Morgan fingerprint density at radius 1 is 1.26 bits per heavy atom. The van der Waals surface area contributed by atoms with Gasteiger partial charge >= 0.3 is 0 Å². The summed E-state index contributed by atoms with van der Waals surface area (Å²) in [5.74, 6) is 0.135. The monoisotopic (exact) mass is 311 g/mol. The Morgan fingerprint density at radius 2 is 2.04 bits per heavy atom. The maximum atomic E-state index is 11.5. The summed E-state index contributed by atoms with van der Waals surface area (Å²) >= 11 is 0. The Kier molecular flexibility index (Phi) is 4.69. The summed E-state index contributed by atoms with van der Waals surface area (Å²) in [4.78, 5) is 15.9. The number of hydrogen-bond donors (Lipinski definition) is 3. The van der Waals surface area contributed by atoms with Gasteiger partial charge in [0, 0.05) is 23.9 Å². The van der Waals surface area contributed by atoms with Crippen molar-refractivity contribution in [1.29, 1.82) is 0 Å². The topological polar surface area (TPSA) is 88.2 Å². The number of aliphatic hydroxyl groups excluding tert-OH is 1. The number of carbonyl (C=O) groups is 1. The number of rotatable bonds is 6. The standard InChI is InChI=1S/C18H21N3O2/c19-18(23)16-4-2-1-3-15(16)17-6-5-12(11-21-17)9-20-10-13-7-14(22)8-13/h1-6,11,13-14,20,22H,7-10H2,(H2,19,23). The molecule has 0 radical (unpaired) electrons. The van der Waals surface area contributed by atoms with E-state index in [0.717, 1.165) is 42.8 Å². The first-order chi connectivity index (χ1) is 11.1. The van der Waals surface area contributed by atoms with E-state index < -0.39 is 5.91 Å². The number of nitrogens with zero attached hydrogens (tertiary/aromatic N) is 1. The average molecular weight is 311 g/mol. The molecule has 0 saturated heterocycles. The van der Waals surface area contributed by atoms with Gasteiger partial charge in [0.2, 0.25) is 5.91 Å². The van der Waals surface area contributed by atoms with Crippen LogP contribution >= 0.6 is 0 Å². The fourth-order valence-electron chi connectivity index (χ4n) is 2.90. The number of carbonyl (C=O) groups excluding carboxylic acids is 1. The number of hydrogen-bond acceptors (Lipinski definition) is 4. The molecule has 1 aliphatic carbocycles. The summed E-state index contributed by atoms with van der Waals surface area (Å²) in [6.07, 6.45) is 3.51. The van der Waals surface area contributed by atoms with E-state index in [4.69, 9.17) is 5.73 Å². The molecule has 0 unspecified atom stereocenters. The van der Waals surface area contributed by atoms with Crippen LogP contribution in [-0.4, -0.2) is 28.6 Å². The van der Waals surface area contributed by atoms with Crippen LogP contribution in [0.15, 0.2) is 42.6 Å². The quantitative estimate of drug-likeness (QED) is 0.758. The maximum absolute atomic E-state index is 11.5. The lowest BCUT2D eigenvalue weighted by molar-refractivity contribution is 0.0429. The molecule has 1 fully saturated rings. The predicted molar refractivity (Wildman–Crippen MR) is 88.6 cm³/mol. The third kappa shape index (κ3) is 3.75. The van der Waals surface area contributed by atoms with Gasteiger partial charge in [-0.3, -0.25) is 9.78 Å². The molecular weight excluding hydrogens is 290 g/mol. The second-order valence-corrected chi connectivity index (χ2v) is 6.08. The molecule has 0 atom stereocenters. The maximum Gasteiger partial charge on any atom is 0.249 e. The number of primary amides is 1. The largest absolute Gasteiger partial charge is 0.393 e. The Hall–Kier alpha value is -2.24. The van der Waals surface area contributed by atoms with Crippen LogP contribution in [-0.2, 0) is 6.54 Å². The first-order valence-electron chi connectivity index (χ1n) is 7.86. The number of amides is 1. The predicted octanol–water partition coefficient (Wildman–Crippen LogP) is 1.71. The number of aliphatic hydroxyl groups is 1. The molecule has 2 aromatic rings. The van der Waals surface area contributed by atoms with Crippen LogP contribution in [0.2, 0.25) is 0 Å². The minimum absolute atomic E-state index is 0.104. The average Bonchev–Trinajstić information content (AvgIpc) is 2.54. The van der Waals surface area contributed by atoms with Crippen molar-refractivity contribution < 1.29 is 9.90 Å². The van der Waals surface area contributed by atoms with E-state index in [2.05, 4.69) is 10.3 Å². The SMILES string of the molecule is NC(=O)c1ccccc1-c1ccc(CNCC2CC(O)C2)cn1. The summed E-state index contributed by atoms with van der Waals surface area (Å²) in [6, 6.07) is 11.1. The molecule has 1 aromatic carbocycles. The minimum atomic E-state index is -0.448. The van der Waals surface area contributed by atoms with Gasteiger partial charge in [0.15, 0.2) is 0 Å². The van der Waals surface area contributed by atoms with Gasteiger partial charge in [-0.15, -0.1) is 0 Å². The lowest BCUT2D eigenvalue weighted by Gasteiger charge is -2.31. The van der Waals surface area contributed by atoms with Crippen molar-refractivity contribution in [3.63, 3.8) is 0 Å². The van der Waals surface area contributed by atoms with E-state index in [1.165, 1.54) is 0 Å². The van der Waals surface area contributed by atoms with Crippen molar-refractivity contribution in [3.8, 4) is 11.3 Å². The number of benzene rings is 1. The molecule has 0 spiro atoms. The first kappa shape index (κ1) is 15.6. The number of nitrogens with two attached hydrogens (primary N) is 1. The smallest absolute Gasteiger partial charge is 0.249 e. The number of pyridine rings is 1. The van der Waals surface area contributed by atoms with E-state index in [1.807, 2.05) is 30.5 Å². The third-order valence-corrected chi connectivity index (χ3v) is 4.27. The Morgan fingerprint density at radius 3 is 2.70 bits per heavy atom. The molecular formula is C18H21N3O2. The fraction of sp³-hybridized carbons (Fsp3) is 0.333. The molecule has 1 aromatic heterocycles. The van der Waals surface area contributed by atoms with Crippen LogP contribution < -0.4 is 11.1 Å². The van der Waals surface area contributed by atoms with Crippen LogP contribution in [0.3, 0.4) is 0 Å². The summed E-state index contributed by atoms with van der Waals surface area (Å²) in [5, 5.41) is 12.7. The normalized spacial score (nSPS) is 20.0. The third-order valence-electron chi connectivity index (χ3n) is 4.27. The van der Waals surface area contributed by atoms with Crippen LogP contribution in [0.25, 0.3) is 11.3 Å². The van der Waals surface area contributed by atoms with Gasteiger partial charge in [-0.25, -0.2) is 0 Å². The van der Waals surface area contributed by atoms with Crippen LogP contribution in [0, 0.1) is 5.92 Å². The molecule has 1 aliphatic rings. The molecule has 0 bridgehead atoms. The van der Waals surface area contributed by atoms with Crippen molar-refractivity contribution in [2.45, 2.75) is 25.5 Å². The molecule has 120 valence electrons. The van der Waals surface area contributed by atoms with Crippen molar-refractivity contribution >= 4 is 5.91 Å². The summed E-state index contributed by atoms with van der Waals surface area (Å²) < 4.78 is 0. The van der Waals surface area contributed by atoms with Gasteiger partial charge in [-0.05, 0) is 43.0 Å². The van der Waals surface area contributed by atoms with Crippen LogP contribution in [0.1, 0.15) is 28.8 Å². The zero-order valence-corrected chi connectivity index (χ0v) is 12.9. The number of nitrogens with one attached hydrogen (secondary N) is 1. The van der Waals surface area contributed by atoms with Crippen molar-refractivity contribution in [3.05, 3.63) is 53.7 Å². The highest BCUT2D eigenvalue weighted by Crippen LogP contribution is 2.26. The van der Waals surface area contributed by atoms with E-state index in [-0.39, 0.29) is 6.10 Å². The van der Waals surface area contributed by atoms with Gasteiger partial charge in [0.05, 0.1) is 11.8 Å². The molecule has 3 rings (SSSR count). The van der Waals surface area contributed by atoms with Crippen LogP contribution in [0.5, 0.6) is 0 Å². The van der Waals surface area contributed by atoms with Crippen molar-refractivity contribution in [2.24, 2.45) is 11.7 Å². The lowest BCUT2D eigenvalue weighted by atomic mass is 9.82. The van der Waals surface area contributed by atoms with E-state index in [1.54, 1.807) is 12.1 Å². The molecule has 23 heavy (non-hydrogen) atoms. The molecule has 1 amide bonds. The second kappa shape index (κ2) is 6.89. The zero-order chi connectivity index (χ0) is 16.2. The van der Waals surface area contributed by atoms with Gasteiger partial charge in [0.1, 0.15) is 0 Å². The molecule has 4 N–H and O–H groups in total. The molecule has 5 heteroatoms. The fourth-order valence-corrected chi connectivity index (χ4v) is 2.90. The lowest BCUT2D eigenvalue weighted by Crippen LogP contribution is -2.35. The first-order valence-corrected chi connectivity index (χ1v) is 7.86. The number of aromatic nitrogens is 1. The van der Waals surface area contributed by atoms with Crippen molar-refractivity contribution in [2.75, 3.05) is 6.54 Å². The van der Waals surface area contributed by atoms with Gasteiger partial charge in [-0.1, -0.05) is 24.3 Å². The molecule has 0 aliphatic heterocycles. The summed E-state index contributed by atoms with van der Waals surface area (Å²) in [7, 11) is 0. The molecule has 5 nitrogen and oxygen atoms in total. The molecule has 1 heterocycles.